The number of amides is 1. The van der Waals surface area contributed by atoms with E-state index in [0.717, 1.165) is 0 Å². The predicted octanol–water partition coefficient (Wildman–Crippen LogP) is 2.48. The minimum atomic E-state index is -1.51. The van der Waals surface area contributed by atoms with Crippen molar-refractivity contribution in [1.82, 2.24) is 5.32 Å². The first-order valence-corrected chi connectivity index (χ1v) is 8.73. The number of carbonyl (C=O) groups excluding carboxylic acids is 1. The number of nitrogens with one attached hydrogen (secondary N) is 1. The normalized spacial score (nSPS) is 13.0. The van der Waals surface area contributed by atoms with Crippen LogP contribution in [0.3, 0.4) is 0 Å². The van der Waals surface area contributed by atoms with Gasteiger partial charge in [0.1, 0.15) is 29.1 Å². The van der Waals surface area contributed by atoms with Gasteiger partial charge in [-0.3, -0.25) is 9.00 Å². The van der Waals surface area contributed by atoms with Crippen LogP contribution in [0.4, 0.5) is 13.2 Å². The minimum Gasteiger partial charge on any atom is -0.480 e. The molecule has 0 saturated heterocycles. The molecule has 2 aromatic carbocycles. The first-order chi connectivity index (χ1) is 12.3. The van der Waals surface area contributed by atoms with Gasteiger partial charge in [-0.1, -0.05) is 18.2 Å². The number of carboxylic acid groups (broad SMARTS) is 1. The number of halogens is 3. The highest BCUT2D eigenvalue weighted by molar-refractivity contribution is 7.85. The van der Waals surface area contributed by atoms with Crippen LogP contribution in [0.15, 0.2) is 47.4 Å². The summed E-state index contributed by atoms with van der Waals surface area (Å²) in [6, 6.07) is 7.40. The van der Waals surface area contributed by atoms with Crippen molar-refractivity contribution in [3.63, 3.8) is 0 Å². The van der Waals surface area contributed by atoms with Crippen molar-refractivity contribution in [3.8, 4) is 0 Å². The molecule has 0 aliphatic carbocycles. The average Bonchev–Trinajstić information content (AvgIpc) is 2.57. The molecule has 2 N–H and O–H groups in total. The highest BCUT2D eigenvalue weighted by Crippen LogP contribution is 2.15. The molecule has 9 heteroatoms. The van der Waals surface area contributed by atoms with E-state index in [2.05, 4.69) is 0 Å². The van der Waals surface area contributed by atoms with Crippen LogP contribution in [0.5, 0.6) is 0 Å². The van der Waals surface area contributed by atoms with E-state index in [1.54, 1.807) is 30.3 Å². The maximum absolute atomic E-state index is 13.6. The molecule has 138 valence electrons. The Kier molecular flexibility index (Phi) is 6.51. The number of benzene rings is 2. The van der Waals surface area contributed by atoms with Gasteiger partial charge in [-0.25, -0.2) is 18.0 Å². The largest absolute Gasteiger partial charge is 0.480 e. The molecule has 26 heavy (non-hydrogen) atoms. The molecular weight excluding hydrogens is 371 g/mol. The van der Waals surface area contributed by atoms with Crippen molar-refractivity contribution in [1.29, 1.82) is 0 Å². The summed E-state index contributed by atoms with van der Waals surface area (Å²) in [4.78, 5) is 23.7. The van der Waals surface area contributed by atoms with Crippen molar-refractivity contribution in [2.24, 2.45) is 0 Å². The van der Waals surface area contributed by atoms with Gasteiger partial charge in [0.25, 0.3) is 5.91 Å². The van der Waals surface area contributed by atoms with Gasteiger partial charge < -0.3 is 10.4 Å². The third-order valence-electron chi connectivity index (χ3n) is 3.44. The molecular formula is C17H14F3NO4S. The second-order valence-electron chi connectivity index (χ2n) is 5.26. The molecule has 0 heterocycles. The van der Waals surface area contributed by atoms with Crippen LogP contribution in [0.25, 0.3) is 0 Å². The standard InChI is InChI=1S/C17H14F3NO4S/c18-10-8-12(19)15(13(20)9-10)16(22)21-14(17(23)24)6-7-26(25)11-4-2-1-3-5-11/h1-5,8-9,14H,6-7H2,(H,21,22)(H,23,24)/t14-,26+/m1/s1. The lowest BCUT2D eigenvalue weighted by atomic mass is 10.1. The maximum Gasteiger partial charge on any atom is 0.326 e. The fourth-order valence-corrected chi connectivity index (χ4v) is 3.31. The van der Waals surface area contributed by atoms with E-state index in [1.165, 1.54) is 0 Å². The quantitative estimate of drug-likeness (QED) is 0.767. The van der Waals surface area contributed by atoms with Gasteiger partial charge in [0.05, 0.1) is 10.8 Å². The SMILES string of the molecule is O=C(N[C@H](CC[S@](=O)c1ccccc1)C(=O)O)c1c(F)cc(F)cc1F. The zero-order valence-electron chi connectivity index (χ0n) is 13.2. The second kappa shape index (κ2) is 8.61. The van der Waals surface area contributed by atoms with Gasteiger partial charge in [0.2, 0.25) is 0 Å². The first-order valence-electron chi connectivity index (χ1n) is 7.41. The lowest BCUT2D eigenvalue weighted by Gasteiger charge is -2.15. The fraction of sp³-hybridized carbons (Fsp3) is 0.176. The van der Waals surface area contributed by atoms with E-state index in [0.29, 0.717) is 17.0 Å². The number of carboxylic acids is 1. The summed E-state index contributed by atoms with van der Waals surface area (Å²) in [5, 5.41) is 11.1. The van der Waals surface area contributed by atoms with Crippen LogP contribution in [0.1, 0.15) is 16.8 Å². The van der Waals surface area contributed by atoms with Crippen LogP contribution >= 0.6 is 0 Å². The summed E-state index contributed by atoms with van der Waals surface area (Å²) < 4.78 is 52.2. The molecule has 0 radical (unpaired) electrons. The molecule has 0 aliphatic rings. The van der Waals surface area contributed by atoms with E-state index in [-0.39, 0.29) is 12.2 Å². The van der Waals surface area contributed by atoms with Gasteiger partial charge in [0.15, 0.2) is 0 Å². The van der Waals surface area contributed by atoms with Crippen LogP contribution < -0.4 is 5.32 Å². The molecule has 0 aromatic heterocycles. The second-order valence-corrected chi connectivity index (χ2v) is 6.83. The zero-order valence-corrected chi connectivity index (χ0v) is 14.1. The summed E-state index contributed by atoms with van der Waals surface area (Å²) >= 11 is 0. The van der Waals surface area contributed by atoms with E-state index in [4.69, 9.17) is 0 Å². The van der Waals surface area contributed by atoms with Crippen molar-refractivity contribution >= 4 is 22.7 Å². The topological polar surface area (TPSA) is 83.5 Å². The van der Waals surface area contributed by atoms with E-state index < -0.39 is 51.7 Å². The van der Waals surface area contributed by atoms with Crippen molar-refractivity contribution < 1.29 is 32.1 Å². The third-order valence-corrected chi connectivity index (χ3v) is 4.84. The Hall–Kier alpha value is -2.68. The Bertz CT molecular complexity index is 822. The van der Waals surface area contributed by atoms with E-state index in [9.17, 15) is 32.1 Å². The lowest BCUT2D eigenvalue weighted by molar-refractivity contribution is -0.139. The van der Waals surface area contributed by atoms with Crippen LogP contribution in [-0.4, -0.2) is 33.0 Å². The van der Waals surface area contributed by atoms with Gasteiger partial charge in [-0.05, 0) is 18.6 Å². The Morgan fingerprint density at radius 3 is 2.19 bits per heavy atom. The van der Waals surface area contributed by atoms with Gasteiger partial charge >= 0.3 is 5.97 Å². The number of aliphatic carboxylic acids is 1. The molecule has 0 spiro atoms. The molecule has 0 saturated carbocycles. The molecule has 2 aromatic rings. The summed E-state index contributed by atoms with van der Waals surface area (Å²) in [6.45, 7) is 0. The zero-order chi connectivity index (χ0) is 19.3. The highest BCUT2D eigenvalue weighted by Gasteiger charge is 2.25. The van der Waals surface area contributed by atoms with Gasteiger partial charge in [0, 0.05) is 22.8 Å². The molecule has 2 atom stereocenters. The molecule has 0 bridgehead atoms. The van der Waals surface area contributed by atoms with Gasteiger partial charge in [-0.15, -0.1) is 0 Å². The van der Waals surface area contributed by atoms with Crippen molar-refractivity contribution in [3.05, 3.63) is 65.5 Å². The molecule has 0 unspecified atom stereocenters. The number of hydrogen-bond acceptors (Lipinski definition) is 3. The van der Waals surface area contributed by atoms with Crippen LogP contribution in [-0.2, 0) is 15.6 Å². The summed E-state index contributed by atoms with van der Waals surface area (Å²) in [5.41, 5.74) is -1.08. The van der Waals surface area contributed by atoms with Crippen LogP contribution in [0, 0.1) is 17.5 Å². The molecule has 5 nitrogen and oxygen atoms in total. The molecule has 1 amide bonds. The summed E-state index contributed by atoms with van der Waals surface area (Å²) in [6.07, 6.45) is -0.229. The minimum absolute atomic E-state index is 0.0877. The highest BCUT2D eigenvalue weighted by atomic mass is 32.2. The first kappa shape index (κ1) is 19.6. The fourth-order valence-electron chi connectivity index (χ4n) is 2.16. The Balaban J connectivity index is 2.08. The van der Waals surface area contributed by atoms with E-state index >= 15 is 0 Å². The maximum atomic E-state index is 13.6. The van der Waals surface area contributed by atoms with E-state index in [1.807, 2.05) is 5.32 Å². The number of hydrogen-bond donors (Lipinski definition) is 2. The smallest absolute Gasteiger partial charge is 0.326 e. The molecule has 2 rings (SSSR count). The number of rotatable bonds is 7. The Morgan fingerprint density at radius 1 is 1.08 bits per heavy atom. The number of carbonyl (C=O) groups is 2. The Morgan fingerprint density at radius 2 is 1.65 bits per heavy atom. The van der Waals surface area contributed by atoms with Crippen LogP contribution in [0.2, 0.25) is 0 Å². The Labute approximate surface area is 149 Å². The lowest BCUT2D eigenvalue weighted by Crippen LogP contribution is -2.42. The summed E-state index contributed by atoms with van der Waals surface area (Å²) in [7, 11) is -1.50. The third kappa shape index (κ3) is 4.92. The molecule has 0 aliphatic heterocycles. The van der Waals surface area contributed by atoms with Crippen molar-refractivity contribution in [2.45, 2.75) is 17.4 Å². The van der Waals surface area contributed by atoms with Crippen molar-refractivity contribution in [2.75, 3.05) is 5.75 Å². The van der Waals surface area contributed by atoms with Gasteiger partial charge in [-0.2, -0.15) is 0 Å². The molecule has 0 fully saturated rings. The average molecular weight is 385 g/mol. The monoisotopic (exact) mass is 385 g/mol. The predicted molar refractivity (Wildman–Crippen MR) is 87.5 cm³/mol. The summed E-state index contributed by atoms with van der Waals surface area (Å²) in [5.74, 6) is -6.97.